The van der Waals surface area contributed by atoms with Crippen molar-refractivity contribution < 1.29 is 22.2 Å². The highest BCUT2D eigenvalue weighted by atomic mass is 32.2. The van der Waals surface area contributed by atoms with Crippen LogP contribution in [0.15, 0.2) is 29.4 Å². The molecule has 25 heavy (non-hydrogen) atoms. The van der Waals surface area contributed by atoms with Crippen LogP contribution in [0, 0.1) is 22.6 Å². The van der Waals surface area contributed by atoms with Crippen LogP contribution in [0.5, 0.6) is 0 Å². The van der Waals surface area contributed by atoms with Crippen molar-refractivity contribution in [2.45, 2.75) is 33.1 Å². The van der Waals surface area contributed by atoms with Gasteiger partial charge in [-0.1, -0.05) is 26.0 Å². The zero-order valence-corrected chi connectivity index (χ0v) is 14.9. The summed E-state index contributed by atoms with van der Waals surface area (Å²) in [6.07, 6.45) is 1.99. The molecule has 2 aliphatic rings. The summed E-state index contributed by atoms with van der Waals surface area (Å²) in [5.74, 6) is -1.52. The zero-order valence-electron chi connectivity index (χ0n) is 14.1. The van der Waals surface area contributed by atoms with E-state index >= 15 is 0 Å². The van der Waals surface area contributed by atoms with E-state index in [4.69, 9.17) is 0 Å². The first-order valence-electron chi connectivity index (χ1n) is 8.14. The van der Waals surface area contributed by atoms with E-state index in [2.05, 4.69) is 10.5 Å². The fourth-order valence-electron chi connectivity index (χ4n) is 4.43. The molecule has 2 bridgehead atoms. The number of fused-ring (bicyclic) bond motifs is 2. The van der Waals surface area contributed by atoms with Crippen LogP contribution in [0.2, 0.25) is 0 Å². The van der Waals surface area contributed by atoms with Crippen molar-refractivity contribution >= 4 is 21.7 Å². The van der Waals surface area contributed by atoms with E-state index in [9.17, 15) is 22.2 Å². The summed E-state index contributed by atoms with van der Waals surface area (Å²) in [5.41, 5.74) is 1.60. The van der Waals surface area contributed by atoms with Crippen molar-refractivity contribution in [2.75, 3.05) is 5.75 Å². The number of hydrazone groups is 1. The van der Waals surface area contributed by atoms with E-state index in [1.54, 1.807) is 6.07 Å². The van der Waals surface area contributed by atoms with Crippen molar-refractivity contribution in [3.8, 4) is 0 Å². The highest BCUT2D eigenvalue weighted by molar-refractivity contribution is 7.85. The van der Waals surface area contributed by atoms with Crippen LogP contribution in [-0.2, 0) is 10.1 Å². The highest BCUT2D eigenvalue weighted by Gasteiger charge is 2.64. The summed E-state index contributed by atoms with van der Waals surface area (Å²) in [5, 5.41) is 4.15. The summed E-state index contributed by atoms with van der Waals surface area (Å²) in [4.78, 5) is 12.2. The summed E-state index contributed by atoms with van der Waals surface area (Å²) in [7, 11) is -4.21. The van der Waals surface area contributed by atoms with Gasteiger partial charge < -0.3 is 0 Å². The van der Waals surface area contributed by atoms with Gasteiger partial charge in [-0.15, -0.1) is 0 Å². The molecule has 0 spiro atoms. The molecule has 2 saturated carbocycles. The number of nitrogens with one attached hydrogen (secondary N) is 1. The molecule has 2 aliphatic carbocycles. The number of hydrogen-bond donors (Lipinski definition) is 2. The molecular weight excluding hydrogens is 347 g/mol. The minimum absolute atomic E-state index is 0.127. The standard InChI is InChI=1S/C17H21FN2O4S/c1-16(2)11-7-8-17(16,10-25(22,23)24)14(9-11)19-20-15(21)12-5-3-4-6-13(12)18/h3-6,11H,7-10H2,1-2H3,(H,20,21)(H,22,23,24). The Bertz CT molecular complexity index is 850. The molecule has 0 aromatic heterocycles. The van der Waals surface area contributed by atoms with Gasteiger partial charge in [0.25, 0.3) is 16.0 Å². The van der Waals surface area contributed by atoms with E-state index in [-0.39, 0.29) is 16.9 Å². The maximum Gasteiger partial charge on any atom is 0.274 e. The fraction of sp³-hybridized carbons (Fsp3) is 0.529. The third-order valence-electron chi connectivity index (χ3n) is 6.01. The smallest absolute Gasteiger partial charge is 0.274 e. The molecule has 1 amide bonds. The number of benzene rings is 1. The largest absolute Gasteiger partial charge is 0.286 e. The lowest BCUT2D eigenvalue weighted by Crippen LogP contribution is -2.43. The zero-order chi connectivity index (χ0) is 18.5. The molecule has 136 valence electrons. The number of halogens is 1. The van der Waals surface area contributed by atoms with Gasteiger partial charge >= 0.3 is 0 Å². The molecule has 1 aromatic carbocycles. The Morgan fingerprint density at radius 2 is 2.08 bits per heavy atom. The Labute approximate surface area is 146 Å². The average molecular weight is 368 g/mol. The second kappa shape index (κ2) is 5.88. The highest BCUT2D eigenvalue weighted by Crippen LogP contribution is 2.64. The van der Waals surface area contributed by atoms with Crippen LogP contribution in [-0.4, -0.2) is 30.3 Å². The van der Waals surface area contributed by atoms with E-state index in [0.29, 0.717) is 18.6 Å². The quantitative estimate of drug-likeness (QED) is 0.631. The molecule has 3 rings (SSSR count). The summed E-state index contributed by atoms with van der Waals surface area (Å²) in [6, 6.07) is 5.56. The average Bonchev–Trinajstić information content (AvgIpc) is 2.85. The number of nitrogens with zero attached hydrogens (tertiary/aromatic N) is 1. The molecule has 2 unspecified atom stereocenters. The van der Waals surface area contributed by atoms with Crippen LogP contribution in [0.1, 0.15) is 43.5 Å². The van der Waals surface area contributed by atoms with E-state index in [0.717, 1.165) is 6.42 Å². The monoisotopic (exact) mass is 368 g/mol. The topological polar surface area (TPSA) is 95.8 Å². The summed E-state index contributed by atoms with van der Waals surface area (Å²) >= 11 is 0. The van der Waals surface area contributed by atoms with Gasteiger partial charge in [-0.25, -0.2) is 9.82 Å². The van der Waals surface area contributed by atoms with Crippen molar-refractivity contribution in [2.24, 2.45) is 21.8 Å². The van der Waals surface area contributed by atoms with Gasteiger partial charge in [0, 0.05) is 11.1 Å². The van der Waals surface area contributed by atoms with E-state index in [1.165, 1.54) is 18.2 Å². The van der Waals surface area contributed by atoms with Gasteiger partial charge in [0.15, 0.2) is 0 Å². The second-order valence-electron chi connectivity index (χ2n) is 7.45. The van der Waals surface area contributed by atoms with Gasteiger partial charge in [-0.05, 0) is 42.7 Å². The molecule has 2 N–H and O–H groups in total. The lowest BCUT2D eigenvalue weighted by Gasteiger charge is -2.37. The lowest BCUT2D eigenvalue weighted by atomic mass is 9.70. The third kappa shape index (κ3) is 2.97. The molecule has 2 atom stereocenters. The first-order valence-corrected chi connectivity index (χ1v) is 9.75. The Balaban J connectivity index is 1.90. The Kier molecular flexibility index (Phi) is 4.23. The molecule has 8 heteroatoms. The van der Waals surface area contributed by atoms with Gasteiger partial charge in [-0.3, -0.25) is 9.35 Å². The third-order valence-corrected chi connectivity index (χ3v) is 6.86. The molecule has 0 radical (unpaired) electrons. The minimum Gasteiger partial charge on any atom is -0.286 e. The Morgan fingerprint density at radius 1 is 1.40 bits per heavy atom. The fourth-order valence-corrected chi connectivity index (χ4v) is 5.73. The predicted octanol–water partition coefficient (Wildman–Crippen LogP) is 2.63. The van der Waals surface area contributed by atoms with E-state index < -0.39 is 33.0 Å². The van der Waals surface area contributed by atoms with Crippen molar-refractivity contribution in [1.82, 2.24) is 5.43 Å². The molecular formula is C17H21FN2O4S. The van der Waals surface area contributed by atoms with Crippen LogP contribution in [0.4, 0.5) is 4.39 Å². The Morgan fingerprint density at radius 3 is 2.68 bits per heavy atom. The predicted molar refractivity (Wildman–Crippen MR) is 91.3 cm³/mol. The first kappa shape index (κ1) is 18.0. The van der Waals surface area contributed by atoms with Crippen LogP contribution in [0.25, 0.3) is 0 Å². The molecule has 0 saturated heterocycles. The number of carbonyl (C=O) groups is 1. The number of hydrogen-bond acceptors (Lipinski definition) is 4. The normalized spacial score (nSPS) is 29.1. The molecule has 1 aromatic rings. The molecule has 2 fully saturated rings. The second-order valence-corrected chi connectivity index (χ2v) is 8.90. The van der Waals surface area contributed by atoms with Crippen LogP contribution >= 0.6 is 0 Å². The summed E-state index contributed by atoms with van der Waals surface area (Å²) in [6.45, 7) is 3.94. The summed E-state index contributed by atoms with van der Waals surface area (Å²) < 4.78 is 46.2. The lowest BCUT2D eigenvalue weighted by molar-refractivity contribution is 0.0950. The number of amides is 1. The van der Waals surface area contributed by atoms with Crippen LogP contribution < -0.4 is 5.43 Å². The maximum atomic E-state index is 13.7. The number of carbonyl (C=O) groups excluding carboxylic acids is 1. The molecule has 0 heterocycles. The van der Waals surface area contributed by atoms with Gasteiger partial charge in [-0.2, -0.15) is 13.5 Å². The maximum absolute atomic E-state index is 13.7. The SMILES string of the molecule is CC1(C)C2CCC1(CS(=O)(=O)O)C(=NNC(=O)c1ccccc1F)C2. The molecule has 6 nitrogen and oxygen atoms in total. The van der Waals surface area contributed by atoms with Gasteiger partial charge in [0.2, 0.25) is 0 Å². The van der Waals surface area contributed by atoms with Crippen molar-refractivity contribution in [3.05, 3.63) is 35.6 Å². The van der Waals surface area contributed by atoms with Crippen LogP contribution in [0.3, 0.4) is 0 Å². The first-order chi connectivity index (χ1) is 11.6. The minimum atomic E-state index is -4.21. The van der Waals surface area contributed by atoms with Crippen molar-refractivity contribution in [3.63, 3.8) is 0 Å². The van der Waals surface area contributed by atoms with Crippen molar-refractivity contribution in [1.29, 1.82) is 0 Å². The number of rotatable bonds is 4. The van der Waals surface area contributed by atoms with Gasteiger partial charge in [0.1, 0.15) is 5.82 Å². The van der Waals surface area contributed by atoms with Gasteiger partial charge in [0.05, 0.1) is 11.3 Å². The Hall–Kier alpha value is -1.80. The molecule has 0 aliphatic heterocycles. The van der Waals surface area contributed by atoms with E-state index in [1.807, 2.05) is 13.8 Å².